The molecule has 0 saturated carbocycles. The largest absolute Gasteiger partial charge is 0.496 e. The van der Waals surface area contributed by atoms with Gasteiger partial charge in [0.2, 0.25) is 11.8 Å². The smallest absolute Gasteiger partial charge is 0.241 e. The molecule has 1 amide bonds. The third kappa shape index (κ3) is 4.59. The molecule has 9 nitrogen and oxygen atoms in total. The zero-order chi connectivity index (χ0) is 27.0. The average molecular weight is 552 g/mol. The van der Waals surface area contributed by atoms with Crippen molar-refractivity contribution in [3.8, 4) is 16.5 Å². The molecule has 2 saturated heterocycles. The second-order valence-corrected chi connectivity index (χ2v) is 11.3. The van der Waals surface area contributed by atoms with Crippen LogP contribution in [0.25, 0.3) is 10.8 Å². The molecule has 39 heavy (non-hydrogen) atoms. The van der Waals surface area contributed by atoms with Gasteiger partial charge in [0.05, 0.1) is 36.4 Å². The fourth-order valence-corrected chi connectivity index (χ4v) is 7.25. The number of amides is 1. The summed E-state index contributed by atoms with van der Waals surface area (Å²) < 4.78 is 23.6. The quantitative estimate of drug-likeness (QED) is 0.427. The maximum absolute atomic E-state index is 14.4. The van der Waals surface area contributed by atoms with Gasteiger partial charge in [-0.15, -0.1) is 11.3 Å². The number of carbonyl (C=O) groups excluding carboxylic acids is 2. The molecule has 0 unspecified atom stereocenters. The number of fused-ring (bicyclic) bond motifs is 1. The molecule has 206 valence electrons. The lowest BCUT2D eigenvalue weighted by molar-refractivity contribution is -0.128. The minimum absolute atomic E-state index is 0.00421. The third-order valence-corrected chi connectivity index (χ3v) is 9.44. The Morgan fingerprint density at radius 1 is 1.21 bits per heavy atom. The molecular formula is C29H33N3O6S. The van der Waals surface area contributed by atoms with E-state index in [1.54, 1.807) is 18.2 Å². The Morgan fingerprint density at radius 3 is 2.69 bits per heavy atom. The Morgan fingerprint density at radius 2 is 1.97 bits per heavy atom. The number of nitrogens with one attached hydrogen (secondary N) is 1. The number of hydrogen-bond acceptors (Lipinski definition) is 9. The topological polar surface area (TPSA) is 103 Å². The van der Waals surface area contributed by atoms with Gasteiger partial charge < -0.3 is 23.9 Å². The van der Waals surface area contributed by atoms with E-state index in [-0.39, 0.29) is 24.3 Å². The minimum atomic E-state index is -1.10. The van der Waals surface area contributed by atoms with Crippen molar-refractivity contribution < 1.29 is 28.2 Å². The molecule has 1 atom stereocenters. The van der Waals surface area contributed by atoms with E-state index in [4.69, 9.17) is 18.6 Å². The lowest BCUT2D eigenvalue weighted by Crippen LogP contribution is -2.57. The molecule has 1 N–H and O–H groups in total. The van der Waals surface area contributed by atoms with Gasteiger partial charge in [-0.05, 0) is 57.3 Å². The van der Waals surface area contributed by atoms with Crippen LogP contribution in [0.3, 0.4) is 0 Å². The molecule has 3 aliphatic rings. The number of piperidine rings is 1. The van der Waals surface area contributed by atoms with Crippen LogP contribution in [0.2, 0.25) is 0 Å². The van der Waals surface area contributed by atoms with Crippen molar-refractivity contribution >= 4 is 28.0 Å². The Labute approximate surface area is 231 Å². The van der Waals surface area contributed by atoms with E-state index < -0.39 is 11.5 Å². The van der Waals surface area contributed by atoms with Crippen LogP contribution in [0.1, 0.15) is 53.3 Å². The second-order valence-electron chi connectivity index (χ2n) is 10.3. The summed E-state index contributed by atoms with van der Waals surface area (Å²) in [6.45, 7) is 4.70. The summed E-state index contributed by atoms with van der Waals surface area (Å²) in [5.41, 5.74) is 1.18. The van der Waals surface area contributed by atoms with Crippen molar-refractivity contribution in [2.24, 2.45) is 5.41 Å². The Bertz CT molecular complexity index is 1340. The fraction of sp³-hybridized carbons (Fsp3) is 0.483. The Hall–Kier alpha value is -3.05. The van der Waals surface area contributed by atoms with Crippen LogP contribution in [-0.4, -0.2) is 62.7 Å². The molecule has 1 aromatic carbocycles. The predicted octanol–water partition coefficient (Wildman–Crippen LogP) is 4.56. The van der Waals surface area contributed by atoms with Crippen LogP contribution in [0.4, 0.5) is 5.00 Å². The van der Waals surface area contributed by atoms with E-state index in [0.29, 0.717) is 61.3 Å². The van der Waals surface area contributed by atoms with E-state index in [1.165, 1.54) is 17.6 Å². The zero-order valence-electron chi connectivity index (χ0n) is 22.2. The summed E-state index contributed by atoms with van der Waals surface area (Å²) in [4.78, 5) is 35.5. The van der Waals surface area contributed by atoms with Crippen LogP contribution in [0, 0.1) is 12.3 Å². The number of rotatable bonds is 7. The molecule has 0 radical (unpaired) electrons. The maximum atomic E-state index is 14.4. The highest BCUT2D eigenvalue weighted by Crippen LogP contribution is 2.51. The van der Waals surface area contributed by atoms with Crippen LogP contribution in [-0.2, 0) is 14.3 Å². The number of anilines is 1. The van der Waals surface area contributed by atoms with Crippen molar-refractivity contribution in [1.82, 2.24) is 10.3 Å². The number of ketones is 1. The lowest BCUT2D eigenvalue weighted by atomic mass is 9.69. The molecule has 6 rings (SSSR count). The molecule has 0 aliphatic carbocycles. The molecule has 2 fully saturated rings. The van der Waals surface area contributed by atoms with E-state index in [0.717, 1.165) is 28.8 Å². The summed E-state index contributed by atoms with van der Waals surface area (Å²) in [6.07, 6.45) is 5.14. The van der Waals surface area contributed by atoms with Crippen LogP contribution in [0.5, 0.6) is 5.75 Å². The van der Waals surface area contributed by atoms with E-state index >= 15 is 0 Å². The SMILES string of the molecule is COc1ccccc1[C@H](CN1C(=O)C2(CCNCC2)C(=O)c2c1sc(-c1ncco1)c2C)OC1CCOCC1. The first-order chi connectivity index (χ1) is 19.0. The first-order valence-electron chi connectivity index (χ1n) is 13.5. The van der Waals surface area contributed by atoms with Gasteiger partial charge in [-0.2, -0.15) is 0 Å². The monoisotopic (exact) mass is 551 g/mol. The van der Waals surface area contributed by atoms with Gasteiger partial charge in [-0.1, -0.05) is 18.2 Å². The highest BCUT2D eigenvalue weighted by atomic mass is 32.1. The Kier molecular flexibility index (Phi) is 7.28. The van der Waals surface area contributed by atoms with Crippen molar-refractivity contribution in [3.63, 3.8) is 0 Å². The number of nitrogens with zero attached hydrogens (tertiary/aromatic N) is 2. The molecule has 5 heterocycles. The van der Waals surface area contributed by atoms with Gasteiger partial charge in [0, 0.05) is 18.8 Å². The number of hydrogen-bond donors (Lipinski definition) is 1. The summed E-state index contributed by atoms with van der Waals surface area (Å²) in [6, 6.07) is 7.77. The van der Waals surface area contributed by atoms with E-state index in [2.05, 4.69) is 10.3 Å². The van der Waals surface area contributed by atoms with Gasteiger partial charge in [0.1, 0.15) is 28.5 Å². The summed E-state index contributed by atoms with van der Waals surface area (Å²) in [5.74, 6) is 0.907. The predicted molar refractivity (Wildman–Crippen MR) is 146 cm³/mol. The van der Waals surface area contributed by atoms with Gasteiger partial charge >= 0.3 is 0 Å². The standard InChI is InChI=1S/C29H33N3O6S/c1-18-23-25(33)29(9-11-30-12-10-29)28(34)32(27(23)39-24(18)26-31-13-16-37-26)17-22(38-19-7-14-36-15-8-19)20-5-3-4-6-21(20)35-2/h3-6,13,16,19,22,30H,7-12,14-15,17H2,1-2H3/t22-/m0/s1. The van der Waals surface area contributed by atoms with Crippen LogP contribution in [0.15, 0.2) is 41.1 Å². The molecule has 2 aromatic heterocycles. The molecular weight excluding hydrogens is 518 g/mol. The van der Waals surface area contributed by atoms with Gasteiger partial charge in [-0.25, -0.2) is 4.98 Å². The summed E-state index contributed by atoms with van der Waals surface area (Å²) >= 11 is 1.38. The van der Waals surface area contributed by atoms with Crippen molar-refractivity contribution in [2.75, 3.05) is 44.9 Å². The third-order valence-electron chi connectivity index (χ3n) is 8.13. The van der Waals surface area contributed by atoms with Gasteiger partial charge in [-0.3, -0.25) is 14.5 Å². The maximum Gasteiger partial charge on any atom is 0.241 e. The van der Waals surface area contributed by atoms with Crippen molar-refractivity contribution in [1.29, 1.82) is 0 Å². The van der Waals surface area contributed by atoms with Crippen LogP contribution >= 0.6 is 11.3 Å². The number of para-hydroxylation sites is 1. The number of thiophene rings is 1. The number of aromatic nitrogens is 1. The fourth-order valence-electron chi connectivity index (χ4n) is 6.00. The minimum Gasteiger partial charge on any atom is -0.496 e. The first-order valence-corrected chi connectivity index (χ1v) is 14.3. The lowest BCUT2D eigenvalue weighted by Gasteiger charge is -2.43. The normalized spacial score (nSPS) is 20.3. The summed E-state index contributed by atoms with van der Waals surface area (Å²) in [7, 11) is 1.64. The number of methoxy groups -OCH3 is 1. The molecule has 3 aliphatic heterocycles. The highest BCUT2D eigenvalue weighted by molar-refractivity contribution is 7.20. The number of oxazole rings is 1. The summed E-state index contributed by atoms with van der Waals surface area (Å²) in [5, 5.41) is 3.95. The van der Waals surface area contributed by atoms with Crippen molar-refractivity contribution in [3.05, 3.63) is 53.4 Å². The number of ether oxygens (including phenoxy) is 3. The zero-order valence-corrected chi connectivity index (χ0v) is 23.1. The van der Waals surface area contributed by atoms with Crippen molar-refractivity contribution in [2.45, 2.75) is 44.8 Å². The van der Waals surface area contributed by atoms with Crippen LogP contribution < -0.4 is 15.0 Å². The molecule has 10 heteroatoms. The molecule has 1 spiro atoms. The Balaban J connectivity index is 1.46. The molecule has 3 aromatic rings. The van der Waals surface area contributed by atoms with Gasteiger partial charge in [0.15, 0.2) is 5.78 Å². The molecule has 0 bridgehead atoms. The average Bonchev–Trinajstić information content (AvgIpc) is 3.63. The number of Topliss-reactive ketones (excluding diaryl/α,β-unsaturated/α-hetero) is 1. The van der Waals surface area contributed by atoms with E-state index in [1.807, 2.05) is 31.2 Å². The van der Waals surface area contributed by atoms with Gasteiger partial charge in [0.25, 0.3) is 0 Å². The highest BCUT2D eigenvalue weighted by Gasteiger charge is 2.55. The first kappa shape index (κ1) is 26.2. The number of benzene rings is 1. The number of carbonyl (C=O) groups is 2. The second kappa shape index (κ2) is 10.8. The van der Waals surface area contributed by atoms with E-state index in [9.17, 15) is 9.59 Å².